The first-order chi connectivity index (χ1) is 12.1. The lowest BCUT2D eigenvalue weighted by Gasteiger charge is -2.17. The molecule has 2 aromatic rings. The normalized spacial score (nSPS) is 13.4. The van der Waals surface area contributed by atoms with Gasteiger partial charge in [0.1, 0.15) is 5.75 Å². The fraction of sp³-hybridized carbons (Fsp3) is 0.294. The first kappa shape index (κ1) is 20.2. The molecule has 0 aromatic heterocycles. The second kappa shape index (κ2) is 8.07. The van der Waals surface area contributed by atoms with Crippen LogP contribution in [0.4, 0.5) is 13.2 Å². The van der Waals surface area contributed by atoms with Crippen LogP contribution < -0.4 is 9.46 Å². The number of aliphatic hydroxyl groups excluding tert-OH is 1. The summed E-state index contributed by atoms with van der Waals surface area (Å²) >= 11 is 0. The molecule has 2 rings (SSSR count). The third-order valence-electron chi connectivity index (χ3n) is 3.47. The maximum absolute atomic E-state index is 12.4. The highest BCUT2D eigenvalue weighted by Crippen LogP contribution is 2.24. The van der Waals surface area contributed by atoms with Crippen LogP contribution in [0.25, 0.3) is 0 Å². The number of alkyl halides is 3. The van der Waals surface area contributed by atoms with Crippen molar-refractivity contribution >= 4 is 10.0 Å². The standard InChI is InChI=1S/C17H18F3NO4S/c1-12-3-2-4-13(9-12)10-14(11-22)21-26(23,24)16-7-5-15(6-8-16)25-17(18,19)20/h2-9,14,21-22H,10-11H2,1H3/t14-/m1/s1. The fourth-order valence-electron chi connectivity index (χ4n) is 2.38. The number of halogens is 3. The van der Waals surface area contributed by atoms with Crippen molar-refractivity contribution in [2.75, 3.05) is 6.61 Å². The predicted molar refractivity (Wildman–Crippen MR) is 89.2 cm³/mol. The van der Waals surface area contributed by atoms with Crippen molar-refractivity contribution in [3.63, 3.8) is 0 Å². The van der Waals surface area contributed by atoms with E-state index in [2.05, 4.69) is 9.46 Å². The minimum absolute atomic E-state index is 0.227. The van der Waals surface area contributed by atoms with E-state index in [0.29, 0.717) is 0 Å². The Morgan fingerprint density at radius 3 is 2.35 bits per heavy atom. The molecule has 1 atom stereocenters. The molecular formula is C17H18F3NO4S. The third-order valence-corrected chi connectivity index (χ3v) is 5.01. The Morgan fingerprint density at radius 1 is 1.15 bits per heavy atom. The largest absolute Gasteiger partial charge is 0.573 e. The van der Waals surface area contributed by atoms with Gasteiger partial charge < -0.3 is 9.84 Å². The molecule has 5 nitrogen and oxygen atoms in total. The summed E-state index contributed by atoms with van der Waals surface area (Å²) in [6.45, 7) is 1.47. The number of aryl methyl sites for hydroxylation is 1. The van der Waals surface area contributed by atoms with Crippen molar-refractivity contribution in [1.82, 2.24) is 4.72 Å². The van der Waals surface area contributed by atoms with Crippen LogP contribution in [-0.2, 0) is 16.4 Å². The molecule has 0 aliphatic heterocycles. The maximum atomic E-state index is 12.4. The molecule has 0 aliphatic carbocycles. The maximum Gasteiger partial charge on any atom is 0.573 e. The number of ether oxygens (including phenoxy) is 1. The average Bonchev–Trinajstić information content (AvgIpc) is 2.53. The summed E-state index contributed by atoms with van der Waals surface area (Å²) in [5.41, 5.74) is 1.85. The van der Waals surface area contributed by atoms with Crippen molar-refractivity contribution in [3.05, 3.63) is 59.7 Å². The van der Waals surface area contributed by atoms with Gasteiger partial charge in [-0.1, -0.05) is 29.8 Å². The highest BCUT2D eigenvalue weighted by molar-refractivity contribution is 7.89. The molecule has 0 saturated carbocycles. The molecule has 0 fully saturated rings. The van der Waals surface area contributed by atoms with Gasteiger partial charge in [0.15, 0.2) is 0 Å². The SMILES string of the molecule is Cc1cccc(C[C@H](CO)NS(=O)(=O)c2ccc(OC(F)(F)F)cc2)c1. The lowest BCUT2D eigenvalue weighted by atomic mass is 10.1. The minimum atomic E-state index is -4.85. The molecule has 0 radical (unpaired) electrons. The van der Waals surface area contributed by atoms with E-state index in [4.69, 9.17) is 0 Å². The molecule has 0 unspecified atom stereocenters. The summed E-state index contributed by atoms with van der Waals surface area (Å²) in [7, 11) is -4.01. The first-order valence-corrected chi connectivity index (χ1v) is 9.12. The molecular weight excluding hydrogens is 371 g/mol. The van der Waals surface area contributed by atoms with Crippen LogP contribution in [0.15, 0.2) is 53.4 Å². The lowest BCUT2D eigenvalue weighted by molar-refractivity contribution is -0.274. The smallest absolute Gasteiger partial charge is 0.406 e. The zero-order valence-corrected chi connectivity index (χ0v) is 14.6. The van der Waals surface area contributed by atoms with Crippen LogP contribution in [0, 0.1) is 6.92 Å². The summed E-state index contributed by atoms with van der Waals surface area (Å²) < 4.78 is 67.2. The summed E-state index contributed by atoms with van der Waals surface area (Å²) in [5.74, 6) is -0.519. The summed E-state index contributed by atoms with van der Waals surface area (Å²) in [4.78, 5) is -0.227. The molecule has 0 saturated heterocycles. The monoisotopic (exact) mass is 389 g/mol. The Morgan fingerprint density at radius 2 is 1.81 bits per heavy atom. The van der Waals surface area contributed by atoms with E-state index >= 15 is 0 Å². The van der Waals surface area contributed by atoms with E-state index in [-0.39, 0.29) is 11.3 Å². The van der Waals surface area contributed by atoms with Crippen molar-refractivity contribution in [2.24, 2.45) is 0 Å². The number of benzene rings is 2. The summed E-state index contributed by atoms with van der Waals surface area (Å²) in [6, 6.07) is 10.5. The molecule has 142 valence electrons. The van der Waals surface area contributed by atoms with Crippen LogP contribution in [0.1, 0.15) is 11.1 Å². The van der Waals surface area contributed by atoms with Gasteiger partial charge in [0, 0.05) is 6.04 Å². The quantitative estimate of drug-likeness (QED) is 0.764. The highest BCUT2D eigenvalue weighted by atomic mass is 32.2. The first-order valence-electron chi connectivity index (χ1n) is 7.63. The van der Waals surface area contributed by atoms with Gasteiger partial charge >= 0.3 is 6.36 Å². The molecule has 2 aromatic carbocycles. The molecule has 0 amide bonds. The topological polar surface area (TPSA) is 75.6 Å². The number of hydrogen-bond donors (Lipinski definition) is 2. The number of rotatable bonds is 7. The van der Waals surface area contributed by atoms with E-state index in [0.717, 1.165) is 35.4 Å². The van der Waals surface area contributed by atoms with Gasteiger partial charge in [-0.05, 0) is 43.2 Å². The molecule has 0 spiro atoms. The summed E-state index contributed by atoms with van der Waals surface area (Å²) in [5, 5.41) is 9.47. The molecule has 9 heteroatoms. The van der Waals surface area contributed by atoms with Crippen molar-refractivity contribution in [1.29, 1.82) is 0 Å². The Kier molecular flexibility index (Phi) is 6.27. The highest BCUT2D eigenvalue weighted by Gasteiger charge is 2.31. The zero-order chi connectivity index (χ0) is 19.4. The van der Waals surface area contributed by atoms with Gasteiger partial charge in [0.25, 0.3) is 0 Å². The predicted octanol–water partition coefficient (Wildman–Crippen LogP) is 2.78. The van der Waals surface area contributed by atoms with E-state index < -0.39 is 34.8 Å². The van der Waals surface area contributed by atoms with Crippen LogP contribution in [0.3, 0.4) is 0 Å². The molecule has 26 heavy (non-hydrogen) atoms. The molecule has 2 N–H and O–H groups in total. The van der Waals surface area contributed by atoms with Crippen molar-refractivity contribution < 1.29 is 31.4 Å². The Labute approximate surface area is 149 Å². The van der Waals surface area contributed by atoms with E-state index in [1.165, 1.54) is 0 Å². The Hall–Kier alpha value is -2.10. The molecule has 0 heterocycles. The zero-order valence-electron chi connectivity index (χ0n) is 13.8. The number of aliphatic hydroxyl groups is 1. The van der Waals surface area contributed by atoms with Gasteiger partial charge in [0.2, 0.25) is 10.0 Å². The van der Waals surface area contributed by atoms with Gasteiger partial charge in [-0.25, -0.2) is 13.1 Å². The van der Waals surface area contributed by atoms with Crippen LogP contribution in [0.5, 0.6) is 5.75 Å². The van der Waals surface area contributed by atoms with Crippen LogP contribution in [0.2, 0.25) is 0 Å². The number of nitrogens with one attached hydrogen (secondary N) is 1. The Balaban J connectivity index is 2.10. The number of hydrogen-bond acceptors (Lipinski definition) is 4. The fourth-order valence-corrected chi connectivity index (χ4v) is 3.60. The third kappa shape index (κ3) is 6.01. The minimum Gasteiger partial charge on any atom is -0.406 e. The number of sulfonamides is 1. The van der Waals surface area contributed by atoms with Crippen molar-refractivity contribution in [3.8, 4) is 5.75 Å². The molecule has 0 bridgehead atoms. The second-order valence-corrected chi connectivity index (χ2v) is 7.43. The second-order valence-electron chi connectivity index (χ2n) is 5.71. The lowest BCUT2D eigenvalue weighted by Crippen LogP contribution is -2.39. The van der Waals surface area contributed by atoms with Gasteiger partial charge in [0.05, 0.1) is 11.5 Å². The van der Waals surface area contributed by atoms with Gasteiger partial charge in [-0.3, -0.25) is 0 Å². The average molecular weight is 389 g/mol. The van der Waals surface area contributed by atoms with Gasteiger partial charge in [-0.15, -0.1) is 13.2 Å². The van der Waals surface area contributed by atoms with Crippen molar-refractivity contribution in [2.45, 2.75) is 30.6 Å². The Bertz CT molecular complexity index is 836. The van der Waals surface area contributed by atoms with E-state index in [1.54, 1.807) is 0 Å². The van der Waals surface area contributed by atoms with E-state index in [1.807, 2.05) is 31.2 Å². The summed E-state index contributed by atoms with van der Waals surface area (Å²) in [6.07, 6.45) is -4.58. The van der Waals surface area contributed by atoms with Crippen LogP contribution in [-0.4, -0.2) is 32.5 Å². The molecule has 0 aliphatic rings. The van der Waals surface area contributed by atoms with Crippen LogP contribution >= 0.6 is 0 Å². The van der Waals surface area contributed by atoms with E-state index in [9.17, 15) is 26.7 Å². The van der Waals surface area contributed by atoms with Gasteiger partial charge in [-0.2, -0.15) is 0 Å².